The number of carbonyl (C=O) groups excluding carboxylic acids is 1. The number of aromatic nitrogens is 1. The number of carbonyl (C=O) groups is 1. The smallest absolute Gasteiger partial charge is 0.258 e. The molecule has 1 atom stereocenters. The molecule has 0 aliphatic carbocycles. The van der Waals surface area contributed by atoms with Crippen molar-refractivity contribution in [3.8, 4) is 0 Å². The van der Waals surface area contributed by atoms with E-state index in [1.54, 1.807) is 6.92 Å². The second-order valence-corrected chi connectivity index (χ2v) is 7.39. The first-order valence-electron chi connectivity index (χ1n) is 8.32. The van der Waals surface area contributed by atoms with Gasteiger partial charge in [-0.3, -0.25) is 9.59 Å². The summed E-state index contributed by atoms with van der Waals surface area (Å²) in [6.45, 7) is 1.69. The van der Waals surface area contributed by atoms with Crippen LogP contribution >= 0.6 is 15.9 Å². The van der Waals surface area contributed by atoms with Crippen LogP contribution in [-0.2, 0) is 7.05 Å². The van der Waals surface area contributed by atoms with Crippen LogP contribution in [-0.4, -0.2) is 22.4 Å². The third-order valence-corrected chi connectivity index (χ3v) is 5.42. The number of benzene rings is 2. The van der Waals surface area contributed by atoms with Crippen molar-refractivity contribution in [1.29, 1.82) is 0 Å². The Labute approximate surface area is 167 Å². The largest absolute Gasteiger partial charge is 0.335 e. The van der Waals surface area contributed by atoms with E-state index in [1.165, 1.54) is 41.9 Å². The molecule has 0 N–H and O–H groups in total. The molecule has 28 heavy (non-hydrogen) atoms. The van der Waals surface area contributed by atoms with Gasteiger partial charge in [-0.15, -0.1) is 0 Å². The molecule has 146 valence electrons. The maximum atomic E-state index is 13.8. The lowest BCUT2D eigenvalue weighted by Crippen LogP contribution is -2.31. The molecule has 0 aliphatic rings. The predicted molar refractivity (Wildman–Crippen MR) is 104 cm³/mol. The lowest BCUT2D eigenvalue weighted by atomic mass is 10.0. The molecule has 1 heterocycles. The van der Waals surface area contributed by atoms with E-state index in [1.807, 2.05) is 0 Å². The molecule has 0 aliphatic heterocycles. The average molecular weight is 453 g/mol. The lowest BCUT2D eigenvalue weighted by molar-refractivity contribution is 0.0742. The zero-order valence-electron chi connectivity index (χ0n) is 15.3. The van der Waals surface area contributed by atoms with Crippen molar-refractivity contribution in [2.75, 3.05) is 7.05 Å². The Kier molecular flexibility index (Phi) is 5.34. The molecule has 0 spiro atoms. The monoisotopic (exact) mass is 452 g/mol. The van der Waals surface area contributed by atoms with Crippen LogP contribution in [0.4, 0.5) is 13.2 Å². The molecule has 3 aromatic rings. The van der Waals surface area contributed by atoms with E-state index < -0.39 is 35.0 Å². The fourth-order valence-electron chi connectivity index (χ4n) is 3.04. The first-order chi connectivity index (χ1) is 13.1. The van der Waals surface area contributed by atoms with Crippen molar-refractivity contribution in [3.05, 3.63) is 79.9 Å². The summed E-state index contributed by atoms with van der Waals surface area (Å²) in [6, 6.07) is 5.24. The van der Waals surface area contributed by atoms with Crippen LogP contribution in [0.15, 0.2) is 45.8 Å². The van der Waals surface area contributed by atoms with Crippen LogP contribution in [0.1, 0.15) is 28.9 Å². The van der Waals surface area contributed by atoms with Crippen LogP contribution in [0, 0.1) is 17.5 Å². The second-order valence-electron chi connectivity index (χ2n) is 6.53. The van der Waals surface area contributed by atoms with Crippen LogP contribution in [0.25, 0.3) is 10.8 Å². The van der Waals surface area contributed by atoms with Gasteiger partial charge in [-0.2, -0.15) is 0 Å². The minimum absolute atomic E-state index is 0.0151. The summed E-state index contributed by atoms with van der Waals surface area (Å²) in [5, 5.41) is 0.234. The van der Waals surface area contributed by atoms with E-state index in [0.29, 0.717) is 5.56 Å². The maximum Gasteiger partial charge on any atom is 0.258 e. The molecule has 0 fully saturated rings. The summed E-state index contributed by atoms with van der Waals surface area (Å²) in [6.07, 6.45) is 1.48. The number of rotatable bonds is 3. The van der Waals surface area contributed by atoms with E-state index in [0.717, 1.165) is 18.2 Å². The van der Waals surface area contributed by atoms with E-state index in [2.05, 4.69) is 15.9 Å². The highest BCUT2D eigenvalue weighted by molar-refractivity contribution is 9.10. The van der Waals surface area contributed by atoms with E-state index in [9.17, 15) is 22.8 Å². The highest BCUT2D eigenvalue weighted by atomic mass is 79.9. The molecule has 0 bridgehead atoms. The lowest BCUT2D eigenvalue weighted by Gasteiger charge is -2.27. The quantitative estimate of drug-likeness (QED) is 0.584. The minimum Gasteiger partial charge on any atom is -0.335 e. The standard InChI is InChI=1S/C20H16BrF3N2O2/c1-10(26(3)19(27)11-4-5-15(21)16(22)6-11)14-9-25(2)20(28)13-8-18(24)17(23)7-12(13)14/h4-10H,1-3H3/t10-/m0/s1. The first kappa shape index (κ1) is 20.1. The van der Waals surface area contributed by atoms with E-state index in [-0.39, 0.29) is 20.8 Å². The molecule has 1 aromatic heterocycles. The summed E-state index contributed by atoms with van der Waals surface area (Å²) in [7, 11) is 3.01. The van der Waals surface area contributed by atoms with E-state index in [4.69, 9.17) is 0 Å². The Morgan fingerprint density at radius 2 is 1.68 bits per heavy atom. The van der Waals surface area contributed by atoms with Gasteiger partial charge in [0.25, 0.3) is 11.5 Å². The fourth-order valence-corrected chi connectivity index (χ4v) is 3.29. The molecule has 3 rings (SSSR count). The Bertz CT molecular complexity index is 1160. The molecule has 1 amide bonds. The number of fused-ring (bicyclic) bond motifs is 1. The Balaban J connectivity index is 2.09. The number of nitrogens with zero attached hydrogens (tertiary/aromatic N) is 2. The van der Waals surface area contributed by atoms with Gasteiger partial charge in [0, 0.05) is 25.9 Å². The van der Waals surface area contributed by atoms with Gasteiger partial charge in [0.2, 0.25) is 0 Å². The Morgan fingerprint density at radius 3 is 2.29 bits per heavy atom. The summed E-state index contributed by atoms with van der Waals surface area (Å²) in [5.74, 6) is -3.23. The van der Waals surface area contributed by atoms with Crippen molar-refractivity contribution in [2.24, 2.45) is 7.05 Å². The van der Waals surface area contributed by atoms with Gasteiger partial charge in [0.15, 0.2) is 11.6 Å². The SMILES string of the molecule is C[C@@H](c1cn(C)c(=O)c2cc(F)c(F)cc12)N(C)C(=O)c1ccc(Br)c(F)c1. The van der Waals surface area contributed by atoms with Gasteiger partial charge in [-0.05, 0) is 64.1 Å². The van der Waals surface area contributed by atoms with Gasteiger partial charge in [0.1, 0.15) is 5.82 Å². The summed E-state index contributed by atoms with van der Waals surface area (Å²) < 4.78 is 42.7. The van der Waals surface area contributed by atoms with Gasteiger partial charge < -0.3 is 9.47 Å². The van der Waals surface area contributed by atoms with Crippen LogP contribution < -0.4 is 5.56 Å². The normalized spacial score (nSPS) is 12.2. The van der Waals surface area contributed by atoms with Crippen LogP contribution in [0.3, 0.4) is 0 Å². The van der Waals surface area contributed by atoms with Crippen molar-refractivity contribution < 1.29 is 18.0 Å². The summed E-state index contributed by atoms with van der Waals surface area (Å²) in [5.41, 5.74) is 0.125. The Morgan fingerprint density at radius 1 is 1.07 bits per heavy atom. The third kappa shape index (κ3) is 3.44. The molecule has 2 aromatic carbocycles. The number of halogens is 4. The molecule has 0 saturated carbocycles. The number of hydrogen-bond donors (Lipinski definition) is 0. The van der Waals surface area contributed by atoms with Gasteiger partial charge in [-0.25, -0.2) is 13.2 Å². The number of amides is 1. The third-order valence-electron chi connectivity index (χ3n) is 4.77. The highest BCUT2D eigenvalue weighted by Gasteiger charge is 2.23. The fraction of sp³-hybridized carbons (Fsp3) is 0.200. The average Bonchev–Trinajstić information content (AvgIpc) is 2.66. The molecular weight excluding hydrogens is 437 g/mol. The van der Waals surface area contributed by atoms with Crippen molar-refractivity contribution in [3.63, 3.8) is 0 Å². The molecular formula is C20H16BrF3N2O2. The minimum atomic E-state index is -1.12. The van der Waals surface area contributed by atoms with Crippen LogP contribution in [0.2, 0.25) is 0 Å². The van der Waals surface area contributed by atoms with Crippen molar-refractivity contribution >= 4 is 32.6 Å². The number of pyridine rings is 1. The van der Waals surface area contributed by atoms with Crippen molar-refractivity contribution in [2.45, 2.75) is 13.0 Å². The molecule has 8 heteroatoms. The van der Waals surface area contributed by atoms with Gasteiger partial charge in [-0.1, -0.05) is 0 Å². The second kappa shape index (κ2) is 7.43. The highest BCUT2D eigenvalue weighted by Crippen LogP contribution is 2.28. The molecule has 0 radical (unpaired) electrons. The number of aryl methyl sites for hydroxylation is 1. The Hall–Kier alpha value is -2.61. The summed E-state index contributed by atoms with van der Waals surface area (Å²) in [4.78, 5) is 26.4. The van der Waals surface area contributed by atoms with Gasteiger partial charge in [0.05, 0.1) is 15.9 Å². The zero-order valence-corrected chi connectivity index (χ0v) is 16.9. The van der Waals surface area contributed by atoms with Gasteiger partial charge >= 0.3 is 0 Å². The maximum absolute atomic E-state index is 13.8. The first-order valence-corrected chi connectivity index (χ1v) is 9.11. The van der Waals surface area contributed by atoms with Crippen molar-refractivity contribution in [1.82, 2.24) is 9.47 Å². The molecule has 0 unspecified atom stereocenters. The topological polar surface area (TPSA) is 42.3 Å². The van der Waals surface area contributed by atoms with Crippen LogP contribution in [0.5, 0.6) is 0 Å². The summed E-state index contributed by atoms with van der Waals surface area (Å²) >= 11 is 3.04. The van der Waals surface area contributed by atoms with E-state index >= 15 is 0 Å². The predicted octanol–water partition coefficient (Wildman–Crippen LogP) is 4.55. The molecule has 0 saturated heterocycles. The molecule has 4 nitrogen and oxygen atoms in total. The number of hydrogen-bond acceptors (Lipinski definition) is 2. The zero-order chi connectivity index (χ0) is 20.7.